The highest BCUT2D eigenvalue weighted by atomic mass is 32.2. The second-order valence-corrected chi connectivity index (χ2v) is 6.41. The van der Waals surface area contributed by atoms with Gasteiger partial charge in [0.15, 0.2) is 0 Å². The molecule has 108 valence electrons. The molecule has 0 aliphatic heterocycles. The molecule has 5 nitrogen and oxygen atoms in total. The number of aliphatic hydroxyl groups is 1. The monoisotopic (exact) mass is 287 g/mol. The Morgan fingerprint density at radius 3 is 2.26 bits per heavy atom. The van der Waals surface area contributed by atoms with Gasteiger partial charge in [-0.05, 0) is 37.1 Å². The first-order chi connectivity index (χ1) is 8.86. The molecular weight excluding hydrogens is 266 g/mol. The Morgan fingerprint density at radius 2 is 1.79 bits per heavy atom. The molecule has 1 rings (SSSR count). The number of benzene rings is 1. The van der Waals surface area contributed by atoms with Crippen LogP contribution in [0, 0.1) is 5.92 Å². The molecule has 1 atom stereocenters. The molecule has 0 heterocycles. The molecule has 0 aromatic heterocycles. The molecule has 2 N–H and O–H groups in total. The summed E-state index contributed by atoms with van der Waals surface area (Å²) in [7, 11) is -3.50. The number of hydrogen-bond donors (Lipinski definition) is 2. The van der Waals surface area contributed by atoms with Crippen LogP contribution >= 0.6 is 0 Å². The highest BCUT2D eigenvalue weighted by Gasteiger charge is 2.18. The number of aliphatic hydroxyl groups excluding tert-OH is 1. The largest absolute Gasteiger partial charge is 0.491 e. The Morgan fingerprint density at radius 1 is 1.21 bits per heavy atom. The van der Waals surface area contributed by atoms with Crippen molar-refractivity contribution in [2.75, 3.05) is 13.2 Å². The Kier molecular flexibility index (Phi) is 5.78. The lowest BCUT2D eigenvalue weighted by molar-refractivity contribution is 0.201. The van der Waals surface area contributed by atoms with E-state index in [0.29, 0.717) is 5.75 Å². The first-order valence-electron chi connectivity index (χ1n) is 6.23. The van der Waals surface area contributed by atoms with Crippen molar-refractivity contribution in [2.24, 2.45) is 5.92 Å². The highest BCUT2D eigenvalue weighted by Crippen LogP contribution is 2.16. The molecule has 1 aromatic rings. The molecule has 6 heteroatoms. The van der Waals surface area contributed by atoms with E-state index < -0.39 is 10.0 Å². The van der Waals surface area contributed by atoms with Gasteiger partial charge in [0, 0.05) is 6.04 Å². The maximum Gasteiger partial charge on any atom is 0.240 e. The summed E-state index contributed by atoms with van der Waals surface area (Å²) < 4.78 is 32.0. The average molecular weight is 287 g/mol. The van der Waals surface area contributed by atoms with Crippen molar-refractivity contribution in [3.63, 3.8) is 0 Å². The zero-order chi connectivity index (χ0) is 14.5. The van der Waals surface area contributed by atoms with E-state index in [-0.39, 0.29) is 30.1 Å². The van der Waals surface area contributed by atoms with E-state index in [4.69, 9.17) is 9.84 Å². The molecule has 0 radical (unpaired) electrons. The third kappa shape index (κ3) is 4.81. The van der Waals surface area contributed by atoms with E-state index in [1.807, 2.05) is 20.8 Å². The third-order valence-corrected chi connectivity index (χ3v) is 4.41. The van der Waals surface area contributed by atoms with Crippen LogP contribution in [0.25, 0.3) is 0 Å². The van der Waals surface area contributed by atoms with Crippen molar-refractivity contribution < 1.29 is 18.3 Å². The van der Waals surface area contributed by atoms with Crippen LogP contribution in [-0.2, 0) is 10.0 Å². The van der Waals surface area contributed by atoms with E-state index in [0.717, 1.165) is 0 Å². The number of sulfonamides is 1. The van der Waals surface area contributed by atoms with Gasteiger partial charge >= 0.3 is 0 Å². The van der Waals surface area contributed by atoms with E-state index in [2.05, 4.69) is 4.72 Å². The Balaban J connectivity index is 2.79. The molecule has 1 aromatic carbocycles. The predicted octanol–water partition coefficient (Wildman–Crippen LogP) is 1.38. The summed E-state index contributed by atoms with van der Waals surface area (Å²) in [5.74, 6) is 0.756. The summed E-state index contributed by atoms with van der Waals surface area (Å²) in [6.45, 7) is 5.86. The average Bonchev–Trinajstić information content (AvgIpc) is 2.36. The Bertz CT molecular complexity index is 482. The van der Waals surface area contributed by atoms with Crippen molar-refractivity contribution in [1.82, 2.24) is 4.72 Å². The lowest BCUT2D eigenvalue weighted by atomic mass is 10.1. The molecule has 0 saturated heterocycles. The molecule has 1 unspecified atom stereocenters. The van der Waals surface area contributed by atoms with Gasteiger partial charge in [-0.1, -0.05) is 13.8 Å². The number of ether oxygens (including phenoxy) is 1. The van der Waals surface area contributed by atoms with E-state index in [1.54, 1.807) is 12.1 Å². The molecule has 0 aliphatic carbocycles. The van der Waals surface area contributed by atoms with Gasteiger partial charge in [-0.25, -0.2) is 13.1 Å². The Hall–Kier alpha value is -1.11. The summed E-state index contributed by atoms with van der Waals surface area (Å²) in [4.78, 5) is 0.205. The van der Waals surface area contributed by atoms with Crippen molar-refractivity contribution in [3.8, 4) is 5.75 Å². The lowest BCUT2D eigenvalue weighted by Crippen LogP contribution is -2.36. The number of rotatable bonds is 7. The molecule has 19 heavy (non-hydrogen) atoms. The van der Waals surface area contributed by atoms with Gasteiger partial charge in [0.25, 0.3) is 0 Å². The predicted molar refractivity (Wildman–Crippen MR) is 73.6 cm³/mol. The second kappa shape index (κ2) is 6.88. The molecule has 0 saturated carbocycles. The van der Waals surface area contributed by atoms with Gasteiger partial charge < -0.3 is 9.84 Å². The van der Waals surface area contributed by atoms with Crippen LogP contribution in [0.4, 0.5) is 0 Å². The minimum Gasteiger partial charge on any atom is -0.491 e. The van der Waals surface area contributed by atoms with Gasteiger partial charge in [0.05, 0.1) is 11.5 Å². The minimum absolute atomic E-state index is 0.0759. The van der Waals surface area contributed by atoms with Crippen molar-refractivity contribution in [2.45, 2.75) is 31.7 Å². The van der Waals surface area contributed by atoms with Crippen LogP contribution in [0.3, 0.4) is 0 Å². The second-order valence-electron chi connectivity index (χ2n) is 4.70. The minimum atomic E-state index is -3.50. The molecule has 0 bridgehead atoms. The molecule has 0 amide bonds. The van der Waals surface area contributed by atoms with E-state index in [9.17, 15) is 8.42 Å². The SMILES string of the molecule is CC(C)C(C)NS(=O)(=O)c1ccc(OCCO)cc1. The maximum absolute atomic E-state index is 12.1. The third-order valence-electron chi connectivity index (χ3n) is 2.84. The zero-order valence-corrected chi connectivity index (χ0v) is 12.3. The zero-order valence-electron chi connectivity index (χ0n) is 11.5. The molecule has 0 spiro atoms. The van der Waals surface area contributed by atoms with Gasteiger partial charge in [-0.15, -0.1) is 0 Å². The quantitative estimate of drug-likeness (QED) is 0.794. The molecular formula is C13H21NO4S. The Labute approximate surface area is 114 Å². The molecule has 0 aliphatic rings. The van der Waals surface area contributed by atoms with Crippen LogP contribution in [0.2, 0.25) is 0 Å². The topological polar surface area (TPSA) is 75.6 Å². The number of nitrogens with one attached hydrogen (secondary N) is 1. The van der Waals surface area contributed by atoms with Crippen LogP contribution in [0.15, 0.2) is 29.2 Å². The van der Waals surface area contributed by atoms with Crippen LogP contribution in [0.1, 0.15) is 20.8 Å². The van der Waals surface area contributed by atoms with Crippen molar-refractivity contribution in [3.05, 3.63) is 24.3 Å². The smallest absolute Gasteiger partial charge is 0.240 e. The summed E-state index contributed by atoms with van der Waals surface area (Å²) in [6.07, 6.45) is 0. The van der Waals surface area contributed by atoms with Gasteiger partial charge in [0.1, 0.15) is 12.4 Å². The highest BCUT2D eigenvalue weighted by molar-refractivity contribution is 7.89. The van der Waals surface area contributed by atoms with Gasteiger partial charge in [0.2, 0.25) is 10.0 Å². The van der Waals surface area contributed by atoms with E-state index in [1.165, 1.54) is 12.1 Å². The first-order valence-corrected chi connectivity index (χ1v) is 7.71. The van der Waals surface area contributed by atoms with Crippen LogP contribution in [-0.4, -0.2) is 32.8 Å². The lowest BCUT2D eigenvalue weighted by Gasteiger charge is -2.17. The van der Waals surface area contributed by atoms with Crippen LogP contribution in [0.5, 0.6) is 5.75 Å². The summed E-state index contributed by atoms with van der Waals surface area (Å²) >= 11 is 0. The normalized spacial score (nSPS) is 13.5. The van der Waals surface area contributed by atoms with Gasteiger partial charge in [-0.3, -0.25) is 0 Å². The fourth-order valence-electron chi connectivity index (χ4n) is 1.33. The fraction of sp³-hybridized carbons (Fsp3) is 0.538. The van der Waals surface area contributed by atoms with Gasteiger partial charge in [-0.2, -0.15) is 0 Å². The summed E-state index contributed by atoms with van der Waals surface area (Å²) in [5, 5.41) is 8.63. The standard InChI is InChI=1S/C13H21NO4S/c1-10(2)11(3)14-19(16,17)13-6-4-12(5-7-13)18-9-8-15/h4-7,10-11,14-15H,8-9H2,1-3H3. The summed E-state index contributed by atoms with van der Waals surface area (Å²) in [5.41, 5.74) is 0. The summed E-state index contributed by atoms with van der Waals surface area (Å²) in [6, 6.07) is 5.99. The molecule has 0 fully saturated rings. The first kappa shape index (κ1) is 15.9. The van der Waals surface area contributed by atoms with Crippen LogP contribution < -0.4 is 9.46 Å². The van der Waals surface area contributed by atoms with E-state index >= 15 is 0 Å². The maximum atomic E-state index is 12.1. The number of hydrogen-bond acceptors (Lipinski definition) is 4. The van der Waals surface area contributed by atoms with Crippen molar-refractivity contribution in [1.29, 1.82) is 0 Å². The van der Waals surface area contributed by atoms with Crippen molar-refractivity contribution >= 4 is 10.0 Å². The fourth-order valence-corrected chi connectivity index (χ4v) is 2.72.